The molecule has 31 heavy (non-hydrogen) atoms. The highest BCUT2D eigenvalue weighted by atomic mass is 79.9. The normalized spacial score (nSPS) is 10.8. The Balaban J connectivity index is 1.62. The maximum Gasteiger partial charge on any atom is 0.277 e. The van der Waals surface area contributed by atoms with E-state index in [1.54, 1.807) is 12.1 Å². The molecule has 0 aliphatic carbocycles. The predicted molar refractivity (Wildman–Crippen MR) is 130 cm³/mol. The van der Waals surface area contributed by atoms with Crippen molar-refractivity contribution >= 4 is 67.2 Å². The Morgan fingerprint density at radius 1 is 1.03 bits per heavy atom. The van der Waals surface area contributed by atoms with Crippen LogP contribution < -0.4 is 14.9 Å². The molecule has 0 aliphatic heterocycles. The van der Waals surface area contributed by atoms with Crippen LogP contribution in [-0.4, -0.2) is 18.7 Å². The van der Waals surface area contributed by atoms with E-state index in [4.69, 9.17) is 32.7 Å². The first-order valence-corrected chi connectivity index (χ1v) is 11.3. The molecule has 0 aromatic heterocycles. The number of carbonyl (C=O) groups excluding carboxylic acids is 1. The topological polar surface area (TPSA) is 59.9 Å². The van der Waals surface area contributed by atoms with E-state index in [0.717, 1.165) is 14.5 Å². The Labute approximate surface area is 206 Å². The molecule has 0 saturated carbocycles. The minimum atomic E-state index is -0.442. The second-order valence-electron chi connectivity index (χ2n) is 6.24. The molecule has 160 valence electrons. The van der Waals surface area contributed by atoms with Gasteiger partial charge in [0, 0.05) is 15.1 Å². The maximum atomic E-state index is 12.0. The van der Waals surface area contributed by atoms with Gasteiger partial charge in [-0.2, -0.15) is 5.10 Å². The van der Waals surface area contributed by atoms with Crippen molar-refractivity contribution in [2.24, 2.45) is 5.10 Å². The lowest BCUT2D eigenvalue weighted by molar-refractivity contribution is -0.123. The van der Waals surface area contributed by atoms with Gasteiger partial charge < -0.3 is 9.47 Å². The molecule has 0 spiro atoms. The molecule has 3 aromatic carbocycles. The summed E-state index contributed by atoms with van der Waals surface area (Å²) in [6.45, 7) is 0.141. The van der Waals surface area contributed by atoms with Crippen LogP contribution in [0.15, 0.2) is 74.7 Å². The van der Waals surface area contributed by atoms with E-state index in [1.165, 1.54) is 12.3 Å². The molecule has 0 aliphatic rings. The Morgan fingerprint density at radius 2 is 1.81 bits per heavy atom. The Hall–Kier alpha value is -2.06. The average molecular weight is 587 g/mol. The lowest BCUT2D eigenvalue weighted by atomic mass is 10.2. The minimum absolute atomic E-state index is 0.252. The summed E-state index contributed by atoms with van der Waals surface area (Å²) in [5.41, 5.74) is 4.14. The van der Waals surface area contributed by atoms with Gasteiger partial charge >= 0.3 is 0 Å². The first-order valence-electron chi connectivity index (χ1n) is 8.98. The molecule has 3 aromatic rings. The summed E-state index contributed by atoms with van der Waals surface area (Å²) in [4.78, 5) is 12.0. The van der Waals surface area contributed by atoms with Crippen LogP contribution in [0, 0.1) is 0 Å². The number of hydrogen-bond acceptors (Lipinski definition) is 4. The zero-order chi connectivity index (χ0) is 22.2. The van der Waals surface area contributed by atoms with Gasteiger partial charge in [0.25, 0.3) is 5.91 Å². The smallest absolute Gasteiger partial charge is 0.277 e. The van der Waals surface area contributed by atoms with Crippen LogP contribution in [0.1, 0.15) is 11.1 Å². The molecule has 5 nitrogen and oxygen atoms in total. The number of halogens is 4. The summed E-state index contributed by atoms with van der Waals surface area (Å²) < 4.78 is 13.0. The third-order valence-electron chi connectivity index (χ3n) is 3.91. The van der Waals surface area contributed by atoms with Crippen molar-refractivity contribution in [3.05, 3.63) is 90.8 Å². The molecular formula is C22H16Br2Cl2N2O3. The van der Waals surface area contributed by atoms with Crippen molar-refractivity contribution in [1.29, 1.82) is 0 Å². The lowest BCUT2D eigenvalue weighted by Crippen LogP contribution is -2.24. The van der Waals surface area contributed by atoms with Crippen LogP contribution >= 0.6 is 55.1 Å². The van der Waals surface area contributed by atoms with E-state index in [9.17, 15) is 4.79 Å². The number of carbonyl (C=O) groups is 1. The number of benzene rings is 3. The standard InChI is InChI=1S/C22H16Br2Cl2N2O3/c23-16-8-15(22(18(24)9-16)31-12-14-4-2-1-3-5-14)11-27-28-21(29)13-30-20-7-6-17(25)10-19(20)26/h1-11H,12-13H2,(H,28,29)/b27-11-. The molecule has 1 amide bonds. The Morgan fingerprint density at radius 3 is 2.55 bits per heavy atom. The highest BCUT2D eigenvalue weighted by Crippen LogP contribution is 2.32. The fourth-order valence-electron chi connectivity index (χ4n) is 2.50. The summed E-state index contributed by atoms with van der Waals surface area (Å²) in [6, 6.07) is 18.3. The third kappa shape index (κ3) is 7.25. The summed E-state index contributed by atoms with van der Waals surface area (Å²) >= 11 is 18.8. The molecule has 1 N–H and O–H groups in total. The summed E-state index contributed by atoms with van der Waals surface area (Å²) in [5, 5.41) is 4.81. The Kier molecular flexibility index (Phi) is 8.78. The highest BCUT2D eigenvalue weighted by molar-refractivity contribution is 9.11. The zero-order valence-corrected chi connectivity index (χ0v) is 20.6. The van der Waals surface area contributed by atoms with Gasteiger partial charge in [-0.3, -0.25) is 4.79 Å². The number of ether oxygens (including phenoxy) is 2. The van der Waals surface area contributed by atoms with Gasteiger partial charge in [0.2, 0.25) is 0 Å². The van der Waals surface area contributed by atoms with E-state index in [-0.39, 0.29) is 6.61 Å². The van der Waals surface area contributed by atoms with Crippen molar-refractivity contribution < 1.29 is 14.3 Å². The van der Waals surface area contributed by atoms with Crippen molar-refractivity contribution in [3.8, 4) is 11.5 Å². The predicted octanol–water partition coefficient (Wildman–Crippen LogP) is 6.63. The van der Waals surface area contributed by atoms with Gasteiger partial charge in [-0.05, 0) is 51.8 Å². The Bertz CT molecular complexity index is 1100. The molecule has 3 rings (SSSR count). The van der Waals surface area contributed by atoms with Crippen molar-refractivity contribution in [2.45, 2.75) is 6.61 Å². The van der Waals surface area contributed by atoms with Crippen molar-refractivity contribution in [2.75, 3.05) is 6.61 Å². The lowest BCUT2D eigenvalue weighted by Gasteiger charge is -2.12. The second-order valence-corrected chi connectivity index (χ2v) is 8.85. The van der Waals surface area contributed by atoms with E-state index in [1.807, 2.05) is 42.5 Å². The van der Waals surface area contributed by atoms with Crippen LogP contribution in [0.5, 0.6) is 11.5 Å². The van der Waals surface area contributed by atoms with Crippen LogP contribution in [0.4, 0.5) is 0 Å². The monoisotopic (exact) mass is 584 g/mol. The van der Waals surface area contributed by atoms with E-state index in [2.05, 4.69) is 42.4 Å². The van der Waals surface area contributed by atoms with Crippen molar-refractivity contribution in [3.63, 3.8) is 0 Å². The highest BCUT2D eigenvalue weighted by Gasteiger charge is 2.10. The molecular weight excluding hydrogens is 571 g/mol. The van der Waals surface area contributed by atoms with Gasteiger partial charge in [-0.15, -0.1) is 0 Å². The molecule has 0 fully saturated rings. The summed E-state index contributed by atoms with van der Waals surface area (Å²) in [6.07, 6.45) is 1.50. The minimum Gasteiger partial charge on any atom is -0.487 e. The van der Waals surface area contributed by atoms with Crippen LogP contribution in [0.3, 0.4) is 0 Å². The SMILES string of the molecule is O=C(COc1ccc(Cl)cc1Cl)N/N=C\c1cc(Br)cc(Br)c1OCc1ccccc1. The molecule has 0 bridgehead atoms. The number of rotatable bonds is 8. The number of hydrogen-bond donors (Lipinski definition) is 1. The fourth-order valence-corrected chi connectivity index (χ4v) is 4.34. The first kappa shape index (κ1) is 23.6. The molecule has 0 radical (unpaired) electrons. The number of amides is 1. The largest absolute Gasteiger partial charge is 0.487 e. The summed E-state index contributed by atoms with van der Waals surface area (Å²) in [5.74, 6) is 0.523. The van der Waals surface area contributed by atoms with E-state index >= 15 is 0 Å². The van der Waals surface area contributed by atoms with E-state index < -0.39 is 5.91 Å². The van der Waals surface area contributed by atoms with Gasteiger partial charge in [0.05, 0.1) is 15.7 Å². The van der Waals surface area contributed by atoms with Gasteiger partial charge in [-0.1, -0.05) is 69.5 Å². The molecule has 9 heteroatoms. The van der Waals surface area contributed by atoms with Crippen LogP contribution in [0.25, 0.3) is 0 Å². The zero-order valence-electron chi connectivity index (χ0n) is 15.9. The third-order valence-corrected chi connectivity index (χ3v) is 5.49. The quantitative estimate of drug-likeness (QED) is 0.238. The maximum absolute atomic E-state index is 12.0. The first-order chi connectivity index (χ1) is 14.9. The van der Waals surface area contributed by atoms with Gasteiger partial charge in [0.15, 0.2) is 6.61 Å². The second kappa shape index (κ2) is 11.5. The number of nitrogens with zero attached hydrogens (tertiary/aromatic N) is 1. The molecule has 0 atom stereocenters. The van der Waals surface area contributed by atoms with Gasteiger partial charge in [0.1, 0.15) is 18.1 Å². The number of hydrazone groups is 1. The molecule has 0 saturated heterocycles. The average Bonchev–Trinajstić information content (AvgIpc) is 2.73. The summed E-state index contributed by atoms with van der Waals surface area (Å²) in [7, 11) is 0. The molecule has 0 unspecified atom stereocenters. The van der Waals surface area contributed by atoms with Crippen LogP contribution in [0.2, 0.25) is 10.0 Å². The van der Waals surface area contributed by atoms with Crippen molar-refractivity contribution in [1.82, 2.24) is 5.43 Å². The number of nitrogens with one attached hydrogen (secondary N) is 1. The van der Waals surface area contributed by atoms with E-state index in [0.29, 0.717) is 33.7 Å². The van der Waals surface area contributed by atoms with Crippen LogP contribution in [-0.2, 0) is 11.4 Å². The fraction of sp³-hybridized carbons (Fsp3) is 0.0909. The van der Waals surface area contributed by atoms with Gasteiger partial charge in [-0.25, -0.2) is 5.43 Å². The molecule has 0 heterocycles.